The van der Waals surface area contributed by atoms with Crippen LogP contribution in [-0.4, -0.2) is 55.2 Å². The zero-order valence-electron chi connectivity index (χ0n) is 16.5. The molecule has 6 nitrogen and oxygen atoms in total. The highest BCUT2D eigenvalue weighted by Crippen LogP contribution is 2.44. The lowest BCUT2D eigenvalue weighted by Gasteiger charge is -2.22. The summed E-state index contributed by atoms with van der Waals surface area (Å²) in [6.45, 7) is -0.123. The Labute approximate surface area is 173 Å². The number of carbonyl (C=O) groups excluding carboxylic acids is 3. The van der Waals surface area contributed by atoms with E-state index in [1.165, 1.54) is 7.11 Å². The number of amides is 1. The van der Waals surface area contributed by atoms with E-state index in [9.17, 15) is 18.8 Å². The number of rotatable bonds is 5. The van der Waals surface area contributed by atoms with Gasteiger partial charge in [0.05, 0.1) is 13.7 Å². The maximum absolute atomic E-state index is 13.7. The third kappa shape index (κ3) is 3.67. The van der Waals surface area contributed by atoms with Crippen LogP contribution >= 0.6 is 0 Å². The fourth-order valence-corrected chi connectivity index (χ4v) is 4.31. The van der Waals surface area contributed by atoms with Crippen LogP contribution in [-0.2, 0) is 23.9 Å². The molecule has 156 valence electrons. The number of carbonyl (C=O) groups is 3. The molecule has 30 heavy (non-hydrogen) atoms. The summed E-state index contributed by atoms with van der Waals surface area (Å²) in [5, 5.41) is 0. The topological polar surface area (TPSA) is 72.9 Å². The molecule has 1 saturated heterocycles. The molecule has 0 spiro atoms. The van der Waals surface area contributed by atoms with Crippen molar-refractivity contribution in [2.24, 2.45) is 0 Å². The number of methoxy groups -OCH3 is 1. The number of hydrogen-bond acceptors (Lipinski definition) is 5. The molecule has 2 aromatic carbocycles. The van der Waals surface area contributed by atoms with E-state index in [0.717, 1.165) is 27.2 Å². The summed E-state index contributed by atoms with van der Waals surface area (Å²) in [6, 6.07) is 14.9. The fraction of sp³-hybridized carbons (Fsp3) is 0.348. The molecule has 2 atom stereocenters. The summed E-state index contributed by atoms with van der Waals surface area (Å²) >= 11 is 0. The van der Waals surface area contributed by atoms with Gasteiger partial charge in [0.15, 0.2) is 0 Å². The van der Waals surface area contributed by atoms with Gasteiger partial charge >= 0.3 is 11.9 Å². The third-order valence-corrected chi connectivity index (χ3v) is 5.71. The Hall–Kier alpha value is -3.22. The van der Waals surface area contributed by atoms with Crippen LogP contribution in [0.3, 0.4) is 0 Å². The molecule has 1 heterocycles. The van der Waals surface area contributed by atoms with Crippen molar-refractivity contribution in [1.82, 2.24) is 4.90 Å². The molecule has 1 aliphatic carbocycles. The predicted molar refractivity (Wildman–Crippen MR) is 106 cm³/mol. The number of ether oxygens (including phenoxy) is 2. The van der Waals surface area contributed by atoms with Crippen LogP contribution in [0, 0.1) is 0 Å². The van der Waals surface area contributed by atoms with Gasteiger partial charge in [-0.3, -0.25) is 9.59 Å². The van der Waals surface area contributed by atoms with Crippen molar-refractivity contribution >= 4 is 17.8 Å². The minimum atomic E-state index is -1.32. The number of benzene rings is 2. The van der Waals surface area contributed by atoms with Gasteiger partial charge in [0.25, 0.3) is 0 Å². The summed E-state index contributed by atoms with van der Waals surface area (Å²) in [4.78, 5) is 37.7. The van der Waals surface area contributed by atoms with Crippen LogP contribution < -0.4 is 0 Å². The fourth-order valence-electron chi connectivity index (χ4n) is 4.31. The number of esters is 2. The lowest BCUT2D eigenvalue weighted by Crippen LogP contribution is -2.42. The smallest absolute Gasteiger partial charge is 0.328 e. The number of fused-ring (bicyclic) bond motifs is 3. The Morgan fingerprint density at radius 3 is 2.23 bits per heavy atom. The lowest BCUT2D eigenvalue weighted by molar-refractivity contribution is -0.155. The molecule has 0 radical (unpaired) electrons. The first-order valence-corrected chi connectivity index (χ1v) is 9.84. The van der Waals surface area contributed by atoms with Gasteiger partial charge < -0.3 is 14.4 Å². The molecule has 0 aromatic heterocycles. The van der Waals surface area contributed by atoms with E-state index in [1.54, 1.807) is 0 Å². The summed E-state index contributed by atoms with van der Waals surface area (Å²) in [7, 11) is 1.18. The Morgan fingerprint density at radius 2 is 1.63 bits per heavy atom. The van der Waals surface area contributed by atoms with Gasteiger partial charge in [-0.1, -0.05) is 48.5 Å². The van der Waals surface area contributed by atoms with E-state index in [0.29, 0.717) is 0 Å². The van der Waals surface area contributed by atoms with Crippen LogP contribution in [0.15, 0.2) is 48.5 Å². The zero-order valence-corrected chi connectivity index (χ0v) is 16.5. The van der Waals surface area contributed by atoms with Crippen LogP contribution in [0.1, 0.15) is 29.9 Å². The van der Waals surface area contributed by atoms with Gasteiger partial charge in [0.1, 0.15) is 25.2 Å². The molecule has 1 fully saturated rings. The minimum absolute atomic E-state index is 0.103. The molecule has 2 aromatic rings. The molecule has 1 aliphatic heterocycles. The van der Waals surface area contributed by atoms with E-state index >= 15 is 0 Å². The molecule has 2 aliphatic rings. The first-order valence-electron chi connectivity index (χ1n) is 9.84. The van der Waals surface area contributed by atoms with Crippen LogP contribution in [0.5, 0.6) is 0 Å². The predicted octanol–water partition coefficient (Wildman–Crippen LogP) is 2.84. The maximum atomic E-state index is 13.7. The van der Waals surface area contributed by atoms with E-state index in [1.807, 2.05) is 48.5 Å². The average molecular weight is 411 g/mol. The van der Waals surface area contributed by atoms with Crippen molar-refractivity contribution in [3.63, 3.8) is 0 Å². The molecule has 7 heteroatoms. The van der Waals surface area contributed by atoms with Crippen LogP contribution in [0.4, 0.5) is 4.39 Å². The summed E-state index contributed by atoms with van der Waals surface area (Å²) < 4.78 is 23.8. The third-order valence-electron chi connectivity index (χ3n) is 5.71. The van der Waals surface area contributed by atoms with Crippen LogP contribution in [0.2, 0.25) is 0 Å². The van der Waals surface area contributed by atoms with E-state index in [4.69, 9.17) is 4.74 Å². The number of nitrogens with zero attached hydrogens (tertiary/aromatic N) is 1. The maximum Gasteiger partial charge on any atom is 0.328 e. The van der Waals surface area contributed by atoms with E-state index in [2.05, 4.69) is 4.74 Å². The monoisotopic (exact) mass is 411 g/mol. The molecule has 4 rings (SSSR count). The normalized spacial score (nSPS) is 19.9. The Morgan fingerprint density at radius 1 is 1.03 bits per heavy atom. The lowest BCUT2D eigenvalue weighted by atomic mass is 9.98. The minimum Gasteiger partial charge on any atom is -0.467 e. The zero-order chi connectivity index (χ0) is 21.3. The second kappa shape index (κ2) is 8.26. The van der Waals surface area contributed by atoms with Crippen molar-refractivity contribution in [2.75, 3.05) is 20.3 Å². The summed E-state index contributed by atoms with van der Waals surface area (Å²) in [5.74, 6) is -2.13. The molecule has 0 bridgehead atoms. The largest absolute Gasteiger partial charge is 0.467 e. The summed E-state index contributed by atoms with van der Waals surface area (Å²) in [5.41, 5.74) is 4.36. The highest BCUT2D eigenvalue weighted by molar-refractivity contribution is 5.96. The van der Waals surface area contributed by atoms with Crippen LogP contribution in [0.25, 0.3) is 11.1 Å². The number of alkyl halides is 1. The van der Waals surface area contributed by atoms with Crippen molar-refractivity contribution in [2.45, 2.75) is 31.0 Å². The van der Waals surface area contributed by atoms with Crippen molar-refractivity contribution < 1.29 is 28.2 Å². The summed E-state index contributed by atoms with van der Waals surface area (Å²) in [6.07, 6.45) is -1.99. The Kier molecular flexibility index (Phi) is 5.53. The van der Waals surface area contributed by atoms with E-state index < -0.39 is 36.5 Å². The molecule has 0 N–H and O–H groups in total. The van der Waals surface area contributed by atoms with Gasteiger partial charge in [0, 0.05) is 12.3 Å². The quantitative estimate of drug-likeness (QED) is 0.559. The Bertz CT molecular complexity index is 946. The number of halogens is 1. The first-order chi connectivity index (χ1) is 14.5. The molecule has 2 unspecified atom stereocenters. The Balaban J connectivity index is 1.41. The van der Waals surface area contributed by atoms with Crippen molar-refractivity contribution in [1.29, 1.82) is 0 Å². The van der Waals surface area contributed by atoms with E-state index in [-0.39, 0.29) is 25.5 Å². The number of hydrogen-bond donors (Lipinski definition) is 0. The molecule has 1 amide bonds. The SMILES string of the molecule is COC(=O)C1CC(F)CN1C(=O)CC(=O)OCC1c2ccccc2-c2ccccc21. The van der Waals surface area contributed by atoms with Gasteiger partial charge in [0.2, 0.25) is 5.91 Å². The molecule has 0 saturated carbocycles. The van der Waals surface area contributed by atoms with Gasteiger partial charge in [-0.2, -0.15) is 0 Å². The van der Waals surface area contributed by atoms with Gasteiger partial charge in [-0.15, -0.1) is 0 Å². The van der Waals surface area contributed by atoms with Gasteiger partial charge in [-0.05, 0) is 22.3 Å². The molecular weight excluding hydrogens is 389 g/mol. The highest BCUT2D eigenvalue weighted by atomic mass is 19.1. The first kappa shape index (κ1) is 20.1. The second-order valence-electron chi connectivity index (χ2n) is 7.50. The van der Waals surface area contributed by atoms with Gasteiger partial charge in [-0.25, -0.2) is 9.18 Å². The second-order valence-corrected chi connectivity index (χ2v) is 7.50. The van der Waals surface area contributed by atoms with Crippen molar-refractivity contribution in [3.8, 4) is 11.1 Å². The molecular formula is C23H22FNO5. The number of likely N-dealkylation sites (tertiary alicyclic amines) is 1. The van der Waals surface area contributed by atoms with Crippen molar-refractivity contribution in [3.05, 3.63) is 59.7 Å². The highest BCUT2D eigenvalue weighted by Gasteiger charge is 2.41. The average Bonchev–Trinajstić information content (AvgIpc) is 3.30. The standard InChI is InChI=1S/C23H22FNO5/c1-29-23(28)20-10-14(24)12-25(20)21(26)11-22(27)30-13-19-17-8-4-2-6-15(17)16-7-3-5-9-18(16)19/h2-9,14,19-20H,10-13H2,1H3.